The summed E-state index contributed by atoms with van der Waals surface area (Å²) in [5, 5.41) is 0. The minimum absolute atomic E-state index is 0.198. The third-order valence-corrected chi connectivity index (χ3v) is 7.36. The van der Waals surface area contributed by atoms with Gasteiger partial charge in [-0.1, -0.05) is 19.4 Å². The molecule has 4 aliphatic rings. The Morgan fingerprint density at radius 2 is 2.26 bits per heavy atom. The fourth-order valence-corrected chi connectivity index (χ4v) is 6.08. The number of hydrogen-bond acceptors (Lipinski definition) is 5. The van der Waals surface area contributed by atoms with Crippen molar-refractivity contribution in [2.45, 2.75) is 63.0 Å². The Morgan fingerprint density at radius 1 is 1.41 bits per heavy atom. The van der Waals surface area contributed by atoms with Gasteiger partial charge in [-0.2, -0.15) is 0 Å². The molecule has 2 bridgehead atoms. The maximum absolute atomic E-state index is 12.8. The number of rotatable bonds is 4. The zero-order chi connectivity index (χ0) is 18.8. The molecule has 5 nitrogen and oxygen atoms in total. The third-order valence-electron chi connectivity index (χ3n) is 7.36. The van der Waals surface area contributed by atoms with Gasteiger partial charge in [-0.05, 0) is 56.8 Å². The zero-order valence-corrected chi connectivity index (χ0v) is 16.1. The van der Waals surface area contributed by atoms with Crippen molar-refractivity contribution < 1.29 is 19.1 Å². The monoisotopic (exact) mass is 369 g/mol. The number of carbonyl (C=O) groups is 2. The van der Waals surface area contributed by atoms with E-state index in [1.807, 2.05) is 6.07 Å². The van der Waals surface area contributed by atoms with Crippen LogP contribution in [-0.4, -0.2) is 49.0 Å². The molecule has 144 valence electrons. The number of Topliss-reactive ketones (excluding diaryl/α,β-unsaturated/α-hetero) is 1. The van der Waals surface area contributed by atoms with Gasteiger partial charge in [-0.3, -0.25) is 4.79 Å². The molecular formula is C22H27NO4. The van der Waals surface area contributed by atoms with Gasteiger partial charge in [-0.25, -0.2) is 4.79 Å². The first-order valence-corrected chi connectivity index (χ1v) is 10.3. The van der Waals surface area contributed by atoms with Crippen molar-refractivity contribution in [1.29, 1.82) is 0 Å². The number of esters is 1. The summed E-state index contributed by atoms with van der Waals surface area (Å²) in [6.45, 7) is 3.47. The summed E-state index contributed by atoms with van der Waals surface area (Å²) in [4.78, 5) is 28.0. The van der Waals surface area contributed by atoms with Gasteiger partial charge in [-0.15, -0.1) is 0 Å². The summed E-state index contributed by atoms with van der Waals surface area (Å²) in [7, 11) is 2.20. The third kappa shape index (κ3) is 2.21. The molecule has 2 fully saturated rings. The van der Waals surface area contributed by atoms with Crippen LogP contribution in [0, 0.1) is 5.92 Å². The van der Waals surface area contributed by atoms with Crippen molar-refractivity contribution in [3.63, 3.8) is 0 Å². The topological polar surface area (TPSA) is 55.8 Å². The molecule has 1 saturated heterocycles. The van der Waals surface area contributed by atoms with Gasteiger partial charge >= 0.3 is 5.97 Å². The van der Waals surface area contributed by atoms with E-state index in [1.54, 1.807) is 0 Å². The highest BCUT2D eigenvalue weighted by Crippen LogP contribution is 2.62. The normalized spacial score (nSPS) is 33.4. The van der Waals surface area contributed by atoms with E-state index in [2.05, 4.69) is 24.9 Å². The molecular weight excluding hydrogens is 342 g/mol. The van der Waals surface area contributed by atoms with E-state index in [0.717, 1.165) is 44.2 Å². The number of hydrogen-bond donors (Lipinski definition) is 0. The minimum atomic E-state index is -0.425. The number of piperidine rings is 1. The smallest absolute Gasteiger partial charge is 0.341 e. The van der Waals surface area contributed by atoms with Gasteiger partial charge in [0.05, 0.1) is 6.61 Å². The number of ketones is 1. The fraction of sp³-hybridized carbons (Fsp3) is 0.636. The lowest BCUT2D eigenvalue weighted by molar-refractivity contribution is -0.138. The van der Waals surface area contributed by atoms with Crippen molar-refractivity contribution in [2.75, 3.05) is 20.2 Å². The summed E-state index contributed by atoms with van der Waals surface area (Å²) in [6, 6.07) is 4.37. The summed E-state index contributed by atoms with van der Waals surface area (Å²) < 4.78 is 11.8. The Bertz CT molecular complexity index is 819. The Hall–Kier alpha value is -1.88. The molecule has 5 rings (SSSR count). The lowest BCUT2D eigenvalue weighted by atomic mass is 9.51. The lowest BCUT2D eigenvalue weighted by Gasteiger charge is -2.57. The Kier molecular flexibility index (Phi) is 3.87. The highest BCUT2D eigenvalue weighted by atomic mass is 16.5. The summed E-state index contributed by atoms with van der Waals surface area (Å²) in [5.74, 6) is 0.945. The molecule has 0 radical (unpaired) electrons. The van der Waals surface area contributed by atoms with Crippen LogP contribution in [0.3, 0.4) is 0 Å². The first-order chi connectivity index (χ1) is 13.1. The standard InChI is InChI=1S/C22H27NO4/c1-3-4-11-26-21(25)14-6-5-13-12-16-15-7-8-17(24)20-22(15,9-10-23(16)2)18(13)19(14)27-20/h5-6,15-16,20H,3-4,7-12H2,1-2H3/t15-,16+,20-,22-/m0/s1. The largest absolute Gasteiger partial charge is 0.480 e. The highest BCUT2D eigenvalue weighted by Gasteiger charge is 2.65. The molecule has 0 N–H and O–H groups in total. The van der Waals surface area contributed by atoms with Crippen molar-refractivity contribution in [3.8, 4) is 5.75 Å². The zero-order valence-electron chi connectivity index (χ0n) is 16.1. The van der Waals surface area contributed by atoms with Crippen LogP contribution in [0.1, 0.15) is 60.5 Å². The van der Waals surface area contributed by atoms with Crippen LogP contribution in [0.4, 0.5) is 0 Å². The van der Waals surface area contributed by atoms with Crippen molar-refractivity contribution in [3.05, 3.63) is 28.8 Å². The SMILES string of the molecule is CCCCOC(=O)c1ccc2c3c1O[C@H]1C(=O)CC[C@H]4[C@@H](C2)N(C)CC[C@]314. The lowest BCUT2D eigenvalue weighted by Crippen LogP contribution is -2.65. The van der Waals surface area contributed by atoms with Crippen molar-refractivity contribution in [1.82, 2.24) is 4.90 Å². The molecule has 27 heavy (non-hydrogen) atoms. The molecule has 1 aromatic carbocycles. The van der Waals surface area contributed by atoms with E-state index in [4.69, 9.17) is 9.47 Å². The maximum atomic E-state index is 12.8. The average molecular weight is 369 g/mol. The van der Waals surface area contributed by atoms with E-state index in [1.165, 1.54) is 5.56 Å². The predicted octanol–water partition coefficient (Wildman–Crippen LogP) is 2.88. The van der Waals surface area contributed by atoms with Crippen LogP contribution in [0.5, 0.6) is 5.75 Å². The highest BCUT2D eigenvalue weighted by molar-refractivity contribution is 5.96. The molecule has 0 aromatic heterocycles. The number of benzene rings is 1. The molecule has 1 spiro atoms. The fourth-order valence-electron chi connectivity index (χ4n) is 6.08. The van der Waals surface area contributed by atoms with Gasteiger partial charge < -0.3 is 14.4 Å². The van der Waals surface area contributed by atoms with E-state index >= 15 is 0 Å². The van der Waals surface area contributed by atoms with Crippen LogP contribution in [0.2, 0.25) is 0 Å². The van der Waals surface area contributed by atoms with Crippen LogP contribution < -0.4 is 4.74 Å². The first-order valence-electron chi connectivity index (χ1n) is 10.3. The summed E-state index contributed by atoms with van der Waals surface area (Å²) in [6.07, 6.45) is 4.83. The van der Waals surface area contributed by atoms with Gasteiger partial charge in [0.2, 0.25) is 0 Å². The van der Waals surface area contributed by atoms with Crippen LogP contribution in [0.15, 0.2) is 12.1 Å². The molecule has 2 aliphatic carbocycles. The van der Waals surface area contributed by atoms with Gasteiger partial charge in [0.25, 0.3) is 0 Å². The number of nitrogens with zero attached hydrogens (tertiary/aromatic N) is 1. The Balaban J connectivity index is 1.63. The van der Waals surface area contributed by atoms with E-state index in [9.17, 15) is 9.59 Å². The second kappa shape index (κ2) is 6.06. The number of carbonyl (C=O) groups excluding carboxylic acids is 2. The second-order valence-electron chi connectivity index (χ2n) is 8.62. The Morgan fingerprint density at radius 3 is 3.07 bits per heavy atom. The number of likely N-dealkylation sites (N-methyl/N-ethyl adjacent to an activating group) is 1. The first kappa shape index (κ1) is 17.2. The molecule has 1 saturated carbocycles. The average Bonchev–Trinajstić information content (AvgIpc) is 3.01. The molecule has 2 heterocycles. The number of ether oxygens (including phenoxy) is 2. The maximum Gasteiger partial charge on any atom is 0.341 e. The molecule has 5 heteroatoms. The predicted molar refractivity (Wildman–Crippen MR) is 100 cm³/mol. The van der Waals surface area contributed by atoms with Gasteiger partial charge in [0.1, 0.15) is 11.3 Å². The van der Waals surface area contributed by atoms with Gasteiger partial charge in [0, 0.05) is 23.4 Å². The molecule has 1 aromatic rings. The van der Waals surface area contributed by atoms with Crippen molar-refractivity contribution >= 4 is 11.8 Å². The van der Waals surface area contributed by atoms with Crippen LogP contribution >= 0.6 is 0 Å². The quantitative estimate of drug-likeness (QED) is 0.603. The van der Waals surface area contributed by atoms with Gasteiger partial charge in [0.15, 0.2) is 11.9 Å². The Labute approximate surface area is 160 Å². The van der Waals surface area contributed by atoms with Crippen molar-refractivity contribution in [2.24, 2.45) is 5.92 Å². The van der Waals surface area contributed by atoms with Crippen LogP contribution in [0.25, 0.3) is 0 Å². The summed E-state index contributed by atoms with van der Waals surface area (Å²) >= 11 is 0. The van der Waals surface area contributed by atoms with E-state index < -0.39 is 6.10 Å². The number of likely N-dealkylation sites (tertiary alicyclic amines) is 1. The summed E-state index contributed by atoms with van der Waals surface area (Å²) in [5.41, 5.74) is 2.66. The molecule has 2 aliphatic heterocycles. The molecule has 0 amide bonds. The second-order valence-corrected chi connectivity index (χ2v) is 8.62. The van der Waals surface area contributed by atoms with E-state index in [0.29, 0.717) is 36.3 Å². The minimum Gasteiger partial charge on any atom is -0.480 e. The number of unbranched alkanes of at least 4 members (excludes halogenated alkanes) is 1. The van der Waals surface area contributed by atoms with E-state index in [-0.39, 0.29) is 17.2 Å². The molecule has 4 atom stereocenters. The molecule has 0 unspecified atom stereocenters. The van der Waals surface area contributed by atoms with Crippen LogP contribution in [-0.2, 0) is 21.4 Å².